The molecule has 1 unspecified atom stereocenters. The number of hydrogen-bond acceptors (Lipinski definition) is 5. The summed E-state index contributed by atoms with van der Waals surface area (Å²) < 4.78 is 1.66. The van der Waals surface area contributed by atoms with Crippen molar-refractivity contribution in [3.63, 3.8) is 0 Å². The van der Waals surface area contributed by atoms with Gasteiger partial charge in [0.05, 0.1) is 9.95 Å². The smallest absolute Gasteiger partial charge is 0.269 e. The van der Waals surface area contributed by atoms with Crippen LogP contribution < -0.4 is 5.32 Å². The molecule has 0 amide bonds. The molecular formula is C17H11Cl2N5O2. The van der Waals surface area contributed by atoms with Crippen LogP contribution in [0.4, 0.5) is 11.6 Å². The standard InChI is InChI=1S/C17H11Cl2N5O2/c18-11-4-5-13(14(19)7-11)15-8-16(23-17(22-15)20-9-21-23)10-2-1-3-12(6-10)24(25)26/h1-9,16H,(H,20,21,22). The third kappa shape index (κ3) is 2.91. The topological polar surface area (TPSA) is 85.9 Å². The summed E-state index contributed by atoms with van der Waals surface area (Å²) in [6.45, 7) is 0. The first-order valence-electron chi connectivity index (χ1n) is 7.61. The van der Waals surface area contributed by atoms with Gasteiger partial charge >= 0.3 is 0 Å². The highest BCUT2D eigenvalue weighted by molar-refractivity contribution is 6.35. The fourth-order valence-corrected chi connectivity index (χ4v) is 3.37. The number of allylic oxidation sites excluding steroid dienone is 1. The summed E-state index contributed by atoms with van der Waals surface area (Å²) in [5, 5.41) is 19.5. The quantitative estimate of drug-likeness (QED) is 0.526. The van der Waals surface area contributed by atoms with E-state index in [4.69, 9.17) is 23.2 Å². The van der Waals surface area contributed by atoms with Crippen LogP contribution in [-0.4, -0.2) is 19.7 Å². The summed E-state index contributed by atoms with van der Waals surface area (Å²) in [6.07, 6.45) is 3.32. The maximum Gasteiger partial charge on any atom is 0.269 e. The average molecular weight is 388 g/mol. The number of halogens is 2. The van der Waals surface area contributed by atoms with Gasteiger partial charge in [0.1, 0.15) is 12.4 Å². The molecule has 3 aromatic rings. The third-order valence-electron chi connectivity index (χ3n) is 4.05. The molecule has 0 bridgehead atoms. The maximum atomic E-state index is 11.1. The SMILES string of the molecule is O=[N+]([O-])c1cccc(C2C=C(c3ccc(Cl)cc3Cl)Nc3ncnn32)c1. The fraction of sp³-hybridized carbons (Fsp3) is 0.0588. The fourth-order valence-electron chi connectivity index (χ4n) is 2.86. The van der Waals surface area contributed by atoms with E-state index in [0.29, 0.717) is 16.0 Å². The van der Waals surface area contributed by atoms with Gasteiger partial charge in [-0.2, -0.15) is 10.1 Å². The number of aromatic nitrogens is 3. The number of benzene rings is 2. The van der Waals surface area contributed by atoms with Crippen LogP contribution in [0.2, 0.25) is 10.0 Å². The van der Waals surface area contributed by atoms with Gasteiger partial charge in [0, 0.05) is 28.4 Å². The van der Waals surface area contributed by atoms with Crippen molar-refractivity contribution in [1.29, 1.82) is 0 Å². The van der Waals surface area contributed by atoms with E-state index in [9.17, 15) is 10.1 Å². The molecule has 0 spiro atoms. The highest BCUT2D eigenvalue weighted by atomic mass is 35.5. The highest BCUT2D eigenvalue weighted by Gasteiger charge is 2.25. The molecule has 1 aliphatic rings. The molecule has 2 heterocycles. The van der Waals surface area contributed by atoms with Crippen LogP contribution >= 0.6 is 23.2 Å². The Bertz CT molecular complexity index is 1050. The van der Waals surface area contributed by atoms with Crippen molar-refractivity contribution in [3.8, 4) is 0 Å². The number of nitrogens with zero attached hydrogens (tertiary/aromatic N) is 4. The van der Waals surface area contributed by atoms with E-state index in [1.807, 2.05) is 12.1 Å². The minimum Gasteiger partial charge on any atom is -0.324 e. The number of fused-ring (bicyclic) bond motifs is 1. The van der Waals surface area contributed by atoms with E-state index in [0.717, 1.165) is 16.8 Å². The molecule has 0 aliphatic carbocycles. The second-order valence-corrected chi connectivity index (χ2v) is 6.50. The molecule has 7 nitrogen and oxygen atoms in total. The number of rotatable bonds is 3. The summed E-state index contributed by atoms with van der Waals surface area (Å²) in [5.74, 6) is 0.519. The molecule has 0 radical (unpaired) electrons. The molecule has 0 fully saturated rings. The molecule has 2 aromatic carbocycles. The van der Waals surface area contributed by atoms with Crippen LogP contribution in [-0.2, 0) is 0 Å². The van der Waals surface area contributed by atoms with E-state index in [1.54, 1.807) is 28.9 Å². The predicted molar refractivity (Wildman–Crippen MR) is 99.3 cm³/mol. The minimum atomic E-state index is -0.423. The molecule has 0 saturated heterocycles. The molecule has 4 rings (SSSR count). The van der Waals surface area contributed by atoms with Crippen molar-refractivity contribution in [2.45, 2.75) is 6.04 Å². The van der Waals surface area contributed by atoms with Gasteiger partial charge in [-0.3, -0.25) is 10.1 Å². The molecule has 1 N–H and O–H groups in total. The molecule has 1 aromatic heterocycles. The van der Waals surface area contributed by atoms with E-state index >= 15 is 0 Å². The molecule has 130 valence electrons. The Hall–Kier alpha value is -2.90. The Kier molecular flexibility index (Phi) is 4.10. The van der Waals surface area contributed by atoms with Gasteiger partial charge in [-0.05, 0) is 29.8 Å². The summed E-state index contributed by atoms with van der Waals surface area (Å²) >= 11 is 12.3. The summed E-state index contributed by atoms with van der Waals surface area (Å²) in [6, 6.07) is 11.3. The van der Waals surface area contributed by atoms with Crippen LogP contribution in [0.3, 0.4) is 0 Å². The van der Waals surface area contributed by atoms with E-state index < -0.39 is 4.92 Å². The number of non-ortho nitro benzene ring substituents is 1. The van der Waals surface area contributed by atoms with Crippen LogP contribution in [0.25, 0.3) is 5.70 Å². The Morgan fingerprint density at radius 3 is 2.81 bits per heavy atom. The molecule has 26 heavy (non-hydrogen) atoms. The lowest BCUT2D eigenvalue weighted by Gasteiger charge is -2.24. The number of nitro groups is 1. The number of anilines is 1. The zero-order valence-electron chi connectivity index (χ0n) is 13.1. The van der Waals surface area contributed by atoms with Crippen LogP contribution in [0.5, 0.6) is 0 Å². The number of nitrogens with one attached hydrogen (secondary N) is 1. The first kappa shape index (κ1) is 16.6. The minimum absolute atomic E-state index is 0.0159. The molecule has 9 heteroatoms. The van der Waals surface area contributed by atoms with Gasteiger partial charge in [-0.15, -0.1) is 0 Å². The van der Waals surface area contributed by atoms with Crippen LogP contribution in [0.15, 0.2) is 54.9 Å². The van der Waals surface area contributed by atoms with Gasteiger partial charge in [0.2, 0.25) is 5.95 Å². The average Bonchev–Trinajstić information content (AvgIpc) is 3.09. The normalized spacial score (nSPS) is 15.8. The lowest BCUT2D eigenvalue weighted by Crippen LogP contribution is -2.20. The van der Waals surface area contributed by atoms with Crippen molar-refractivity contribution >= 4 is 40.5 Å². The Balaban J connectivity index is 1.84. The van der Waals surface area contributed by atoms with Gasteiger partial charge in [-0.25, -0.2) is 4.68 Å². The van der Waals surface area contributed by atoms with Crippen molar-refractivity contribution in [2.75, 3.05) is 5.32 Å². The van der Waals surface area contributed by atoms with Gasteiger partial charge in [0.25, 0.3) is 5.69 Å². The first-order valence-corrected chi connectivity index (χ1v) is 8.36. The Labute approximate surface area is 158 Å². The molecule has 1 aliphatic heterocycles. The zero-order valence-corrected chi connectivity index (χ0v) is 14.6. The molecule has 0 saturated carbocycles. The van der Waals surface area contributed by atoms with Crippen LogP contribution in [0, 0.1) is 10.1 Å². The molecule has 1 atom stereocenters. The number of hydrogen-bond donors (Lipinski definition) is 1. The Morgan fingerprint density at radius 2 is 2.04 bits per heavy atom. The van der Waals surface area contributed by atoms with Crippen molar-refractivity contribution in [2.24, 2.45) is 0 Å². The predicted octanol–water partition coefficient (Wildman–Crippen LogP) is 4.55. The van der Waals surface area contributed by atoms with Crippen molar-refractivity contribution < 1.29 is 4.92 Å². The highest BCUT2D eigenvalue weighted by Crippen LogP contribution is 2.35. The van der Waals surface area contributed by atoms with E-state index in [2.05, 4.69) is 15.4 Å². The summed E-state index contributed by atoms with van der Waals surface area (Å²) in [5.41, 5.74) is 2.21. The maximum absolute atomic E-state index is 11.1. The van der Waals surface area contributed by atoms with E-state index in [-0.39, 0.29) is 11.7 Å². The second-order valence-electron chi connectivity index (χ2n) is 5.65. The Morgan fingerprint density at radius 1 is 1.19 bits per heavy atom. The monoisotopic (exact) mass is 387 g/mol. The van der Waals surface area contributed by atoms with Gasteiger partial charge in [0.15, 0.2) is 0 Å². The molecular weight excluding hydrogens is 377 g/mol. The lowest BCUT2D eigenvalue weighted by molar-refractivity contribution is -0.384. The zero-order chi connectivity index (χ0) is 18.3. The van der Waals surface area contributed by atoms with E-state index in [1.165, 1.54) is 18.5 Å². The lowest BCUT2D eigenvalue weighted by atomic mass is 10.0. The van der Waals surface area contributed by atoms with Crippen molar-refractivity contribution in [3.05, 3.63) is 86.2 Å². The first-order chi connectivity index (χ1) is 12.5. The number of nitro benzene ring substituents is 1. The van der Waals surface area contributed by atoms with Gasteiger partial charge < -0.3 is 5.32 Å². The third-order valence-corrected chi connectivity index (χ3v) is 4.60. The largest absolute Gasteiger partial charge is 0.324 e. The van der Waals surface area contributed by atoms with Crippen LogP contribution in [0.1, 0.15) is 17.2 Å². The second kappa shape index (κ2) is 6.44. The van der Waals surface area contributed by atoms with Crippen molar-refractivity contribution in [1.82, 2.24) is 14.8 Å². The summed E-state index contributed by atoms with van der Waals surface area (Å²) in [7, 11) is 0. The summed E-state index contributed by atoms with van der Waals surface area (Å²) in [4.78, 5) is 14.9. The van der Waals surface area contributed by atoms with Gasteiger partial charge in [-0.1, -0.05) is 35.3 Å².